The summed E-state index contributed by atoms with van der Waals surface area (Å²) in [6.45, 7) is 1.60. The van der Waals surface area contributed by atoms with E-state index in [-0.39, 0.29) is 6.42 Å². The van der Waals surface area contributed by atoms with E-state index in [1.54, 1.807) is 6.92 Å². The molecule has 1 rings (SSSR count). The number of aliphatic hydroxyl groups is 1. The minimum absolute atomic E-state index is 0.142. The number of rotatable bonds is 3. The first-order valence-corrected chi connectivity index (χ1v) is 5.15. The minimum Gasteiger partial charge on any atom is -0.387 e. The summed E-state index contributed by atoms with van der Waals surface area (Å²) in [7, 11) is 0. The highest BCUT2D eigenvalue weighted by atomic mass is 19.3. The van der Waals surface area contributed by atoms with Crippen molar-refractivity contribution in [1.29, 1.82) is 0 Å². The van der Waals surface area contributed by atoms with Crippen molar-refractivity contribution < 1.29 is 13.9 Å². The summed E-state index contributed by atoms with van der Waals surface area (Å²) in [5.74, 6) is -3.45. The maximum Gasteiger partial charge on any atom is 0.276 e. The maximum atomic E-state index is 13.5. The van der Waals surface area contributed by atoms with Crippen LogP contribution in [0.2, 0.25) is 0 Å². The molecule has 0 heterocycles. The average Bonchev–Trinajstić information content (AvgIpc) is 2.18. The summed E-state index contributed by atoms with van der Waals surface area (Å²) in [5.41, 5.74) is 0. The van der Waals surface area contributed by atoms with E-state index in [4.69, 9.17) is 0 Å². The molecule has 0 spiro atoms. The number of hydrogen-bond donors (Lipinski definition) is 1. The molecule has 1 N–H and O–H groups in total. The lowest BCUT2D eigenvalue weighted by molar-refractivity contribution is -0.155. The molecule has 1 atom stereocenters. The molecular formula is C10H18F2O. The third-order valence-corrected chi connectivity index (χ3v) is 2.98. The Labute approximate surface area is 78.1 Å². The van der Waals surface area contributed by atoms with Crippen molar-refractivity contribution in [3.63, 3.8) is 0 Å². The topological polar surface area (TPSA) is 20.2 Å². The Kier molecular flexibility index (Phi) is 3.65. The van der Waals surface area contributed by atoms with Gasteiger partial charge in [-0.05, 0) is 19.3 Å². The molecule has 1 nitrogen and oxygen atoms in total. The fraction of sp³-hybridized carbons (Fsp3) is 1.00. The first-order valence-electron chi connectivity index (χ1n) is 5.15. The number of alkyl halides is 2. The SMILES string of the molecule is CCC(O)C(F)(F)C1CCCCC1. The Morgan fingerprint density at radius 1 is 1.31 bits per heavy atom. The third kappa shape index (κ3) is 2.39. The molecule has 0 aliphatic heterocycles. The summed E-state index contributed by atoms with van der Waals surface area (Å²) in [4.78, 5) is 0. The number of hydrogen-bond acceptors (Lipinski definition) is 1. The Bertz CT molecular complexity index is 153. The highest BCUT2D eigenvalue weighted by Gasteiger charge is 2.45. The van der Waals surface area contributed by atoms with Crippen LogP contribution in [0, 0.1) is 5.92 Å². The van der Waals surface area contributed by atoms with Crippen LogP contribution in [0.1, 0.15) is 45.4 Å². The Morgan fingerprint density at radius 2 is 1.85 bits per heavy atom. The predicted octanol–water partition coefficient (Wildman–Crippen LogP) is 2.97. The first kappa shape index (κ1) is 10.9. The van der Waals surface area contributed by atoms with Gasteiger partial charge in [0.2, 0.25) is 0 Å². The van der Waals surface area contributed by atoms with Gasteiger partial charge >= 0.3 is 0 Å². The minimum atomic E-state index is -2.87. The van der Waals surface area contributed by atoms with Gasteiger partial charge in [0.1, 0.15) is 6.10 Å². The fourth-order valence-corrected chi connectivity index (χ4v) is 2.03. The van der Waals surface area contributed by atoms with E-state index in [9.17, 15) is 13.9 Å². The number of aliphatic hydroxyl groups excluding tert-OH is 1. The molecule has 0 bridgehead atoms. The van der Waals surface area contributed by atoms with Crippen molar-refractivity contribution in [2.24, 2.45) is 5.92 Å². The standard InChI is InChI=1S/C10H18F2O/c1-2-9(13)10(11,12)8-6-4-3-5-7-8/h8-9,13H,2-7H2,1H3. The van der Waals surface area contributed by atoms with Gasteiger partial charge in [-0.3, -0.25) is 0 Å². The molecule has 0 saturated heterocycles. The van der Waals surface area contributed by atoms with Crippen LogP contribution in [0.4, 0.5) is 8.78 Å². The quantitative estimate of drug-likeness (QED) is 0.728. The second kappa shape index (κ2) is 4.36. The van der Waals surface area contributed by atoms with E-state index in [1.165, 1.54) is 0 Å². The summed E-state index contributed by atoms with van der Waals surface area (Å²) < 4.78 is 26.9. The Hall–Kier alpha value is -0.180. The van der Waals surface area contributed by atoms with Crippen LogP contribution < -0.4 is 0 Å². The number of halogens is 2. The van der Waals surface area contributed by atoms with Crippen LogP contribution in [-0.2, 0) is 0 Å². The monoisotopic (exact) mass is 192 g/mol. The average molecular weight is 192 g/mol. The lowest BCUT2D eigenvalue weighted by atomic mass is 9.82. The lowest BCUT2D eigenvalue weighted by Gasteiger charge is -2.32. The molecule has 13 heavy (non-hydrogen) atoms. The first-order chi connectivity index (χ1) is 6.09. The zero-order valence-corrected chi connectivity index (χ0v) is 8.10. The van der Waals surface area contributed by atoms with Gasteiger partial charge in [0.25, 0.3) is 5.92 Å². The highest BCUT2D eigenvalue weighted by molar-refractivity contribution is 4.85. The van der Waals surface area contributed by atoms with Crippen LogP contribution in [0.15, 0.2) is 0 Å². The predicted molar refractivity (Wildman–Crippen MR) is 47.8 cm³/mol. The van der Waals surface area contributed by atoms with Crippen LogP contribution in [0.25, 0.3) is 0 Å². The molecule has 3 heteroatoms. The summed E-state index contributed by atoms with van der Waals surface area (Å²) in [6, 6.07) is 0. The van der Waals surface area contributed by atoms with Gasteiger partial charge in [0.05, 0.1) is 0 Å². The van der Waals surface area contributed by atoms with E-state index < -0.39 is 17.9 Å². The van der Waals surface area contributed by atoms with Crippen LogP contribution >= 0.6 is 0 Å². The van der Waals surface area contributed by atoms with Gasteiger partial charge in [0, 0.05) is 5.92 Å². The van der Waals surface area contributed by atoms with Crippen LogP contribution in [0.3, 0.4) is 0 Å². The van der Waals surface area contributed by atoms with Crippen molar-refractivity contribution in [2.45, 2.75) is 57.5 Å². The lowest BCUT2D eigenvalue weighted by Crippen LogP contribution is -2.41. The van der Waals surface area contributed by atoms with Gasteiger partial charge < -0.3 is 5.11 Å². The van der Waals surface area contributed by atoms with Crippen LogP contribution in [-0.4, -0.2) is 17.1 Å². The van der Waals surface area contributed by atoms with E-state index >= 15 is 0 Å². The Balaban J connectivity index is 2.55. The second-order valence-corrected chi connectivity index (χ2v) is 3.93. The van der Waals surface area contributed by atoms with Gasteiger partial charge in [0.15, 0.2) is 0 Å². The summed E-state index contributed by atoms with van der Waals surface area (Å²) >= 11 is 0. The normalized spacial score (nSPS) is 23.1. The van der Waals surface area contributed by atoms with E-state index in [1.807, 2.05) is 0 Å². The molecule has 78 valence electrons. The molecule has 1 unspecified atom stereocenters. The molecule has 0 aromatic carbocycles. The molecule has 0 amide bonds. The maximum absolute atomic E-state index is 13.5. The molecule has 0 aromatic heterocycles. The zero-order valence-electron chi connectivity index (χ0n) is 8.10. The highest BCUT2D eigenvalue weighted by Crippen LogP contribution is 2.39. The smallest absolute Gasteiger partial charge is 0.276 e. The van der Waals surface area contributed by atoms with Crippen molar-refractivity contribution in [1.82, 2.24) is 0 Å². The van der Waals surface area contributed by atoms with Crippen LogP contribution in [0.5, 0.6) is 0 Å². The molecule has 1 aliphatic rings. The molecule has 1 fully saturated rings. The van der Waals surface area contributed by atoms with E-state index in [0.717, 1.165) is 19.3 Å². The fourth-order valence-electron chi connectivity index (χ4n) is 2.03. The van der Waals surface area contributed by atoms with Crippen molar-refractivity contribution in [3.8, 4) is 0 Å². The largest absolute Gasteiger partial charge is 0.387 e. The molecule has 1 aliphatic carbocycles. The van der Waals surface area contributed by atoms with Gasteiger partial charge in [-0.25, -0.2) is 8.78 Å². The van der Waals surface area contributed by atoms with Crippen molar-refractivity contribution in [2.75, 3.05) is 0 Å². The van der Waals surface area contributed by atoms with E-state index in [0.29, 0.717) is 12.8 Å². The van der Waals surface area contributed by atoms with Crippen molar-refractivity contribution in [3.05, 3.63) is 0 Å². The van der Waals surface area contributed by atoms with Gasteiger partial charge in [-0.2, -0.15) is 0 Å². The third-order valence-electron chi connectivity index (χ3n) is 2.98. The van der Waals surface area contributed by atoms with Gasteiger partial charge in [-0.15, -0.1) is 0 Å². The zero-order chi connectivity index (χ0) is 9.90. The molecular weight excluding hydrogens is 174 g/mol. The Morgan fingerprint density at radius 3 is 2.31 bits per heavy atom. The second-order valence-electron chi connectivity index (χ2n) is 3.93. The van der Waals surface area contributed by atoms with Crippen molar-refractivity contribution >= 4 is 0 Å². The molecule has 0 aromatic rings. The molecule has 0 radical (unpaired) electrons. The summed E-state index contributed by atoms with van der Waals surface area (Å²) in [5, 5.41) is 9.19. The molecule has 1 saturated carbocycles. The summed E-state index contributed by atoms with van der Waals surface area (Å²) in [6.07, 6.45) is 2.68. The van der Waals surface area contributed by atoms with E-state index in [2.05, 4.69) is 0 Å². The van der Waals surface area contributed by atoms with Gasteiger partial charge in [-0.1, -0.05) is 26.2 Å².